The van der Waals surface area contributed by atoms with E-state index in [9.17, 15) is 9.59 Å². The van der Waals surface area contributed by atoms with Gasteiger partial charge in [-0.1, -0.05) is 38.3 Å². The Labute approximate surface area is 141 Å². The van der Waals surface area contributed by atoms with Crippen molar-refractivity contribution >= 4 is 29.2 Å². The number of nitrogens with one attached hydrogen (secondary N) is 1. The maximum Gasteiger partial charge on any atom is 0.340 e. The van der Waals surface area contributed by atoms with Crippen LogP contribution in [0.1, 0.15) is 43.5 Å². The van der Waals surface area contributed by atoms with Gasteiger partial charge in [0.25, 0.3) is 5.91 Å². The van der Waals surface area contributed by atoms with Crippen LogP contribution in [0.5, 0.6) is 0 Å². The third-order valence-corrected chi connectivity index (χ3v) is 4.86. The average molecular weight is 339 g/mol. The molecule has 3 N–H and O–H groups in total. The molecule has 1 aliphatic carbocycles. The van der Waals surface area contributed by atoms with Crippen molar-refractivity contribution in [2.24, 2.45) is 11.8 Å². The molecule has 126 valence electrons. The molecule has 2 rings (SSSR count). The highest BCUT2D eigenvalue weighted by molar-refractivity contribution is 6.31. The summed E-state index contributed by atoms with van der Waals surface area (Å²) in [7, 11) is 0. The first-order valence-electron chi connectivity index (χ1n) is 7.90. The van der Waals surface area contributed by atoms with Crippen molar-refractivity contribution in [3.63, 3.8) is 0 Å². The second-order valence-electron chi connectivity index (χ2n) is 6.25. The largest absolute Gasteiger partial charge is 0.452 e. The summed E-state index contributed by atoms with van der Waals surface area (Å²) in [4.78, 5) is 24.0. The molecule has 5 nitrogen and oxygen atoms in total. The fourth-order valence-corrected chi connectivity index (χ4v) is 3.14. The molecule has 6 heteroatoms. The van der Waals surface area contributed by atoms with E-state index in [2.05, 4.69) is 19.2 Å². The molecule has 23 heavy (non-hydrogen) atoms. The van der Waals surface area contributed by atoms with Gasteiger partial charge in [0.2, 0.25) is 0 Å². The van der Waals surface area contributed by atoms with E-state index in [1.54, 1.807) is 6.07 Å². The molecule has 0 unspecified atom stereocenters. The Hall–Kier alpha value is -1.75. The number of ether oxygens (including phenoxy) is 1. The summed E-state index contributed by atoms with van der Waals surface area (Å²) in [6.07, 6.45) is 3.27. The summed E-state index contributed by atoms with van der Waals surface area (Å²) in [5.41, 5.74) is 6.17. The molecule has 0 heterocycles. The number of nitrogens with two attached hydrogens (primary N) is 1. The van der Waals surface area contributed by atoms with E-state index in [0.29, 0.717) is 16.9 Å². The average Bonchev–Trinajstić information content (AvgIpc) is 2.49. The van der Waals surface area contributed by atoms with Gasteiger partial charge in [-0.2, -0.15) is 0 Å². The second kappa shape index (κ2) is 7.68. The third-order valence-electron chi connectivity index (χ3n) is 4.62. The summed E-state index contributed by atoms with van der Waals surface area (Å²) >= 11 is 5.79. The van der Waals surface area contributed by atoms with E-state index in [4.69, 9.17) is 22.1 Å². The van der Waals surface area contributed by atoms with Gasteiger partial charge in [0.15, 0.2) is 6.61 Å². The van der Waals surface area contributed by atoms with Crippen LogP contribution in [-0.2, 0) is 9.53 Å². The lowest BCUT2D eigenvalue weighted by Crippen LogP contribution is -2.45. The number of benzene rings is 1. The molecule has 1 amide bonds. The van der Waals surface area contributed by atoms with E-state index < -0.39 is 5.97 Å². The van der Waals surface area contributed by atoms with Crippen molar-refractivity contribution in [2.75, 3.05) is 12.3 Å². The molecular weight excluding hydrogens is 316 g/mol. The van der Waals surface area contributed by atoms with Crippen LogP contribution >= 0.6 is 11.6 Å². The van der Waals surface area contributed by atoms with Crippen molar-refractivity contribution in [2.45, 2.75) is 39.2 Å². The lowest BCUT2D eigenvalue weighted by atomic mass is 9.78. The lowest BCUT2D eigenvalue weighted by Gasteiger charge is -2.34. The molecule has 0 aromatic heterocycles. The molecule has 0 radical (unpaired) electrons. The fourth-order valence-electron chi connectivity index (χ4n) is 2.96. The molecule has 1 saturated carbocycles. The van der Waals surface area contributed by atoms with Crippen molar-refractivity contribution in [3.8, 4) is 0 Å². The van der Waals surface area contributed by atoms with Crippen molar-refractivity contribution in [1.29, 1.82) is 0 Å². The number of carbonyl (C=O) groups is 2. The van der Waals surface area contributed by atoms with Crippen LogP contribution in [0, 0.1) is 11.8 Å². The van der Waals surface area contributed by atoms with Gasteiger partial charge in [-0.05, 0) is 36.5 Å². The van der Waals surface area contributed by atoms with Crippen LogP contribution in [0.2, 0.25) is 5.02 Å². The topological polar surface area (TPSA) is 81.4 Å². The zero-order valence-electron chi connectivity index (χ0n) is 13.5. The van der Waals surface area contributed by atoms with Crippen LogP contribution in [0.4, 0.5) is 5.69 Å². The number of nitrogen functional groups attached to an aromatic ring is 1. The quantitative estimate of drug-likeness (QED) is 0.653. The Morgan fingerprint density at radius 2 is 2.09 bits per heavy atom. The van der Waals surface area contributed by atoms with Crippen LogP contribution in [0.15, 0.2) is 18.2 Å². The van der Waals surface area contributed by atoms with Gasteiger partial charge in [0.1, 0.15) is 0 Å². The highest BCUT2D eigenvalue weighted by Crippen LogP contribution is 2.29. The Morgan fingerprint density at radius 1 is 1.35 bits per heavy atom. The van der Waals surface area contributed by atoms with Gasteiger partial charge < -0.3 is 15.8 Å². The summed E-state index contributed by atoms with van der Waals surface area (Å²) in [5.74, 6) is 0.108. The van der Waals surface area contributed by atoms with Crippen molar-refractivity contribution in [3.05, 3.63) is 28.8 Å². The van der Waals surface area contributed by atoms with Crippen LogP contribution < -0.4 is 11.1 Å². The Morgan fingerprint density at radius 3 is 2.78 bits per heavy atom. The van der Waals surface area contributed by atoms with Crippen molar-refractivity contribution in [1.82, 2.24) is 5.32 Å². The fraction of sp³-hybridized carbons (Fsp3) is 0.529. The number of hydrogen-bond donors (Lipinski definition) is 2. The van der Waals surface area contributed by atoms with E-state index >= 15 is 0 Å². The van der Waals surface area contributed by atoms with Crippen LogP contribution in [0.25, 0.3) is 0 Å². The van der Waals surface area contributed by atoms with E-state index in [1.807, 2.05) is 0 Å². The number of amides is 1. The molecule has 0 spiro atoms. The standard InChI is InChI=1S/C17H23ClN2O3/c1-10-4-3-5-15(11(10)2)20-16(21)9-23-17(22)13-7-6-12(18)8-14(13)19/h6-8,10-11,15H,3-5,9,19H2,1-2H3,(H,20,21)/t10-,11+,15-/m1/s1. The monoisotopic (exact) mass is 338 g/mol. The first-order valence-corrected chi connectivity index (χ1v) is 8.27. The minimum atomic E-state index is -0.626. The third kappa shape index (κ3) is 4.61. The molecule has 1 aliphatic rings. The molecular formula is C17H23ClN2O3. The molecule has 0 saturated heterocycles. The first kappa shape index (κ1) is 17.6. The first-order chi connectivity index (χ1) is 10.9. The van der Waals surface area contributed by atoms with E-state index in [1.165, 1.54) is 18.6 Å². The van der Waals surface area contributed by atoms with Gasteiger partial charge in [0.05, 0.1) is 5.56 Å². The van der Waals surface area contributed by atoms with Gasteiger partial charge >= 0.3 is 5.97 Å². The highest BCUT2D eigenvalue weighted by atomic mass is 35.5. The molecule has 1 aromatic rings. The second-order valence-corrected chi connectivity index (χ2v) is 6.69. The summed E-state index contributed by atoms with van der Waals surface area (Å²) in [6, 6.07) is 4.66. The van der Waals surface area contributed by atoms with E-state index in [0.717, 1.165) is 12.8 Å². The normalized spacial score (nSPS) is 24.0. The molecule has 0 aliphatic heterocycles. The summed E-state index contributed by atoms with van der Waals surface area (Å²) < 4.78 is 5.04. The van der Waals surface area contributed by atoms with Gasteiger partial charge in [-0.15, -0.1) is 0 Å². The smallest absolute Gasteiger partial charge is 0.340 e. The number of esters is 1. The highest BCUT2D eigenvalue weighted by Gasteiger charge is 2.28. The Bertz CT molecular complexity index is 591. The minimum Gasteiger partial charge on any atom is -0.452 e. The number of halogens is 1. The maximum absolute atomic E-state index is 12.0. The SMILES string of the molecule is C[C@H]1[C@H](C)CCC[C@H]1NC(=O)COC(=O)c1ccc(Cl)cc1N. The summed E-state index contributed by atoms with van der Waals surface area (Å²) in [6.45, 7) is 4.04. The van der Waals surface area contributed by atoms with Crippen molar-refractivity contribution < 1.29 is 14.3 Å². The summed E-state index contributed by atoms with van der Waals surface area (Å²) in [5, 5.41) is 3.40. The number of hydrogen-bond acceptors (Lipinski definition) is 4. The molecule has 1 fully saturated rings. The number of carbonyl (C=O) groups excluding carboxylic acids is 2. The zero-order valence-corrected chi connectivity index (χ0v) is 14.2. The molecule has 1 aromatic carbocycles. The maximum atomic E-state index is 12.0. The minimum absolute atomic E-state index is 0.144. The Balaban J connectivity index is 1.85. The van der Waals surface area contributed by atoms with Crippen LogP contribution in [0.3, 0.4) is 0 Å². The van der Waals surface area contributed by atoms with Crippen LogP contribution in [-0.4, -0.2) is 24.5 Å². The van der Waals surface area contributed by atoms with E-state index in [-0.39, 0.29) is 29.8 Å². The van der Waals surface area contributed by atoms with Gasteiger partial charge in [-0.25, -0.2) is 4.79 Å². The number of anilines is 1. The predicted molar refractivity (Wildman–Crippen MR) is 90.3 cm³/mol. The van der Waals surface area contributed by atoms with Gasteiger partial charge in [0, 0.05) is 16.8 Å². The molecule has 3 atom stereocenters. The van der Waals surface area contributed by atoms with Gasteiger partial charge in [-0.3, -0.25) is 4.79 Å². The Kier molecular flexibility index (Phi) is 5.88. The number of rotatable bonds is 4. The predicted octanol–water partition coefficient (Wildman–Crippen LogP) is 3.02. The zero-order chi connectivity index (χ0) is 17.0. The molecule has 0 bridgehead atoms. The lowest BCUT2D eigenvalue weighted by molar-refractivity contribution is -0.125.